The first kappa shape index (κ1) is 77.8. The number of alkyl carbamates (subject to hydrolysis) is 1. The number of hydrogen-bond donors (Lipinski definition) is 9. The molecule has 2 fully saturated rings. The largest absolute Gasteiger partial charge is 0.478 e. The molecule has 532 valence electrons. The zero-order valence-corrected chi connectivity index (χ0v) is 56.1. The van der Waals surface area contributed by atoms with Gasteiger partial charge in [-0.2, -0.15) is 26.3 Å². The molecule has 0 aliphatic carbocycles. The van der Waals surface area contributed by atoms with Crippen molar-refractivity contribution < 1.29 is 68.9 Å². The average Bonchev–Trinajstić information content (AvgIpc) is 0.790. The summed E-state index contributed by atoms with van der Waals surface area (Å²) in [7, 11) is 3.98. The number of H-pyrrole nitrogens is 2. The fourth-order valence-electron chi connectivity index (χ4n) is 11.0. The SMILES string of the molecule is CC(C)(C)OC(=O)NCCCCCN.C[C@@H]1CN(c2ccc(-c3cc(C(=O)NCCCCCN)ccc3F)cc2NC(=O)c2c[nH]c(=O)cc2C(F)(F)F)C[C@H](C)N1C.C[C@@H]1CN(c2ccc(-c3cc(C(=O)O)ccc3F)cc2NC(=O)c2c[nH]c(=O)cc2C(F)(F)F)C[C@H](C)N1C. The van der Waals surface area contributed by atoms with E-state index in [1.54, 1.807) is 24.3 Å². The minimum atomic E-state index is -4.96. The third-order valence-corrected chi connectivity index (χ3v) is 16.6. The van der Waals surface area contributed by atoms with Gasteiger partial charge in [-0.05, 0) is 173 Å². The second-order valence-electron chi connectivity index (χ2n) is 25.2. The second-order valence-corrected chi connectivity index (χ2v) is 25.2. The first-order valence-electron chi connectivity index (χ1n) is 31.9. The maximum Gasteiger partial charge on any atom is 0.417 e. The Bertz CT molecular complexity index is 3870. The summed E-state index contributed by atoms with van der Waals surface area (Å²) in [4.78, 5) is 97.6. The number of aromatic nitrogens is 2. The molecular formula is C69H86F8N12O9. The van der Waals surface area contributed by atoms with Crippen molar-refractivity contribution in [2.24, 2.45) is 11.5 Å². The number of anilines is 4. The van der Waals surface area contributed by atoms with E-state index in [9.17, 15) is 69.4 Å². The van der Waals surface area contributed by atoms with Crippen molar-refractivity contribution in [3.63, 3.8) is 0 Å². The van der Waals surface area contributed by atoms with Crippen LogP contribution in [0, 0.1) is 11.6 Å². The predicted octanol–water partition coefficient (Wildman–Crippen LogP) is 11.2. The van der Waals surface area contributed by atoms with Crippen LogP contribution in [0.15, 0.2) is 107 Å². The topological polar surface area (TPSA) is 294 Å². The molecule has 0 spiro atoms. The van der Waals surface area contributed by atoms with E-state index in [0.29, 0.717) is 87.6 Å². The average molecular weight is 1380 g/mol. The number of carboxylic acids is 1. The van der Waals surface area contributed by atoms with Gasteiger partial charge in [-0.1, -0.05) is 25.0 Å². The monoisotopic (exact) mass is 1380 g/mol. The van der Waals surface area contributed by atoms with Crippen molar-refractivity contribution in [1.29, 1.82) is 0 Å². The Morgan fingerprint density at radius 3 is 1.31 bits per heavy atom. The zero-order chi connectivity index (χ0) is 72.6. The summed E-state index contributed by atoms with van der Waals surface area (Å²) in [5.41, 5.74) is 5.94. The van der Waals surface area contributed by atoms with Gasteiger partial charge in [0.15, 0.2) is 0 Å². The number of amides is 4. The molecule has 4 aromatic carbocycles. The smallest absolute Gasteiger partial charge is 0.417 e. The van der Waals surface area contributed by atoms with Gasteiger partial charge in [-0.3, -0.25) is 33.8 Å². The van der Waals surface area contributed by atoms with Crippen LogP contribution in [0.25, 0.3) is 22.3 Å². The summed E-state index contributed by atoms with van der Waals surface area (Å²) in [6.45, 7) is 18.2. The predicted molar refractivity (Wildman–Crippen MR) is 361 cm³/mol. The molecule has 4 amide bonds. The number of pyridine rings is 2. The summed E-state index contributed by atoms with van der Waals surface area (Å²) >= 11 is 0. The van der Waals surface area contributed by atoms with Crippen molar-refractivity contribution in [2.75, 3.05) is 86.9 Å². The summed E-state index contributed by atoms with van der Waals surface area (Å²) < 4.78 is 117. The van der Waals surface area contributed by atoms with Crippen LogP contribution < -0.4 is 53.7 Å². The number of alkyl halides is 6. The summed E-state index contributed by atoms with van der Waals surface area (Å²) in [6, 6.07) is 17.7. The van der Waals surface area contributed by atoms with E-state index in [4.69, 9.17) is 16.2 Å². The first-order chi connectivity index (χ1) is 46.0. The molecule has 29 heteroatoms. The highest BCUT2D eigenvalue weighted by Crippen LogP contribution is 2.39. The van der Waals surface area contributed by atoms with E-state index < -0.39 is 80.7 Å². The number of nitrogens with zero attached hydrogens (tertiary/aromatic N) is 4. The lowest BCUT2D eigenvalue weighted by Crippen LogP contribution is -2.55. The van der Waals surface area contributed by atoms with Crippen molar-refractivity contribution in [1.82, 2.24) is 30.4 Å². The van der Waals surface area contributed by atoms with Gasteiger partial charge in [-0.15, -0.1) is 0 Å². The maximum absolute atomic E-state index is 15.2. The Hall–Kier alpha value is -9.19. The van der Waals surface area contributed by atoms with Gasteiger partial charge in [0.1, 0.15) is 17.2 Å². The highest BCUT2D eigenvalue weighted by Gasteiger charge is 2.38. The van der Waals surface area contributed by atoms with E-state index in [1.165, 1.54) is 30.3 Å². The highest BCUT2D eigenvalue weighted by atomic mass is 19.4. The molecule has 2 aliphatic rings. The number of benzene rings is 4. The lowest BCUT2D eigenvalue weighted by Gasteiger charge is -2.44. The lowest BCUT2D eigenvalue weighted by molar-refractivity contribution is -0.138. The number of unbranched alkanes of at least 4 members (excludes halogenated alkanes) is 4. The number of aromatic carboxylic acids is 1. The highest BCUT2D eigenvalue weighted by molar-refractivity contribution is 6.08. The van der Waals surface area contributed by atoms with Crippen LogP contribution in [0.2, 0.25) is 0 Å². The van der Waals surface area contributed by atoms with Crippen LogP contribution in [0.1, 0.15) is 140 Å². The number of aromatic amines is 2. The quantitative estimate of drug-likeness (QED) is 0.0254. The molecule has 4 heterocycles. The minimum absolute atomic E-state index is 0.0583. The normalized spacial score (nSPS) is 16.8. The Kier molecular flexibility index (Phi) is 27.3. The molecule has 0 radical (unpaired) electrons. The maximum atomic E-state index is 15.2. The van der Waals surface area contributed by atoms with Crippen LogP contribution in [0.4, 0.5) is 62.7 Å². The number of carbonyl (C=O) groups excluding carboxylic acids is 4. The number of ether oxygens (including phenoxy) is 1. The molecule has 2 aliphatic heterocycles. The number of carbonyl (C=O) groups is 5. The summed E-state index contributed by atoms with van der Waals surface area (Å²) in [5.74, 6) is -5.22. The zero-order valence-electron chi connectivity index (χ0n) is 56.1. The van der Waals surface area contributed by atoms with Crippen molar-refractivity contribution >= 4 is 52.5 Å². The van der Waals surface area contributed by atoms with Gasteiger partial charge in [0.25, 0.3) is 17.7 Å². The van der Waals surface area contributed by atoms with Crippen LogP contribution in [-0.2, 0) is 17.1 Å². The number of nitrogens with one attached hydrogen (secondary N) is 6. The van der Waals surface area contributed by atoms with Crippen LogP contribution >= 0.6 is 0 Å². The molecule has 2 aromatic heterocycles. The van der Waals surface area contributed by atoms with Crippen LogP contribution in [0.3, 0.4) is 0 Å². The third-order valence-electron chi connectivity index (χ3n) is 16.6. The molecule has 21 nitrogen and oxygen atoms in total. The Labute approximate surface area is 562 Å². The molecule has 0 saturated carbocycles. The number of carboxylic acid groups (broad SMARTS) is 1. The number of likely N-dealkylation sites (N-methyl/N-ethyl adjacent to an activating group) is 2. The number of hydrogen-bond acceptors (Lipinski definition) is 14. The van der Waals surface area contributed by atoms with Gasteiger partial charge >= 0.3 is 24.4 Å². The molecule has 8 rings (SSSR count). The van der Waals surface area contributed by atoms with Gasteiger partial charge in [0, 0.05) is 105 Å². The van der Waals surface area contributed by atoms with E-state index in [0.717, 1.165) is 62.9 Å². The van der Waals surface area contributed by atoms with E-state index in [1.807, 2.05) is 72.4 Å². The lowest BCUT2D eigenvalue weighted by atomic mass is 9.99. The number of piperazine rings is 2. The van der Waals surface area contributed by atoms with E-state index >= 15 is 4.39 Å². The molecule has 0 bridgehead atoms. The minimum Gasteiger partial charge on any atom is -0.478 e. The van der Waals surface area contributed by atoms with Gasteiger partial charge in [-0.25, -0.2) is 18.4 Å². The molecule has 2 saturated heterocycles. The van der Waals surface area contributed by atoms with Crippen molar-refractivity contribution in [3.8, 4) is 22.3 Å². The van der Waals surface area contributed by atoms with Gasteiger partial charge in [0.2, 0.25) is 11.1 Å². The van der Waals surface area contributed by atoms with E-state index in [-0.39, 0.29) is 75.4 Å². The Balaban J connectivity index is 0.000000261. The molecule has 11 N–H and O–H groups in total. The molecule has 4 atom stereocenters. The molecule has 98 heavy (non-hydrogen) atoms. The number of rotatable bonds is 20. The van der Waals surface area contributed by atoms with Crippen LogP contribution in [0.5, 0.6) is 0 Å². The van der Waals surface area contributed by atoms with Crippen LogP contribution in [-0.4, -0.2) is 151 Å². The Morgan fingerprint density at radius 2 is 0.929 bits per heavy atom. The molecular weight excluding hydrogens is 1290 g/mol. The number of halogens is 8. The van der Waals surface area contributed by atoms with E-state index in [2.05, 4.69) is 41.0 Å². The van der Waals surface area contributed by atoms with Crippen molar-refractivity contribution in [3.05, 3.63) is 163 Å². The van der Waals surface area contributed by atoms with Gasteiger partial charge in [0.05, 0.1) is 50.6 Å². The molecule has 6 aromatic rings. The summed E-state index contributed by atoms with van der Waals surface area (Å²) in [5, 5.41) is 19.9. The second kappa shape index (κ2) is 34.3. The van der Waals surface area contributed by atoms with Gasteiger partial charge < -0.3 is 62.3 Å². The fourth-order valence-corrected chi connectivity index (χ4v) is 11.0. The fraction of sp³-hybridized carbons (Fsp3) is 0.435. The Morgan fingerprint density at radius 1 is 0.541 bits per heavy atom. The standard InChI is InChI=1S/C32H38F4N6O3.C27H26F4N4O4.C10H22N2O2/c1-19-17-42(18-20(2)41(19)3)28-10-8-21(23-13-22(7-9-26(23)33)30(44)38-12-6-4-5-11-37)14-27(28)40-31(45)24-16-39-29(43)15-25(24)32(34,35)36;1-14-12-35(13-15(2)34(14)3)23-7-5-16(18-8-17(26(38)39)4-6-21(18)28)9-22(23)33-25(37)19-11-32-24(36)10-20(19)27(29,30)31;1-10(2,3)14-9(13)12-8-6-4-5-7-11/h7-10,13-16,19-20H,4-6,11-12,17-18,37H2,1-3H3,(H,38,44)(H,39,43)(H,40,45);4-11,14-15H,12-13H2,1-3H3,(H,32,36)(H,33,37)(H,38,39);4-8,11H2,1-3H3,(H,12,13)/t19-,20+;14-,15+;. The first-order valence-corrected chi connectivity index (χ1v) is 31.9. The third kappa shape index (κ3) is 21.7. The molecule has 0 unspecified atom stereocenters. The number of nitrogens with two attached hydrogens (primary N) is 2. The van der Waals surface area contributed by atoms with Crippen molar-refractivity contribution in [2.45, 2.75) is 129 Å². The summed E-state index contributed by atoms with van der Waals surface area (Å²) in [6.07, 6.45) is -3.38.